The Hall–Kier alpha value is -2.54. The van der Waals surface area contributed by atoms with Crippen molar-refractivity contribution in [1.29, 1.82) is 0 Å². The number of ether oxygens (including phenoxy) is 2. The second kappa shape index (κ2) is 9.75. The summed E-state index contributed by atoms with van der Waals surface area (Å²) in [5.74, 6) is 2.32. The van der Waals surface area contributed by atoms with Gasteiger partial charge in [-0.25, -0.2) is 0 Å². The maximum atomic E-state index is 10.7. The van der Waals surface area contributed by atoms with Crippen molar-refractivity contribution in [2.45, 2.75) is 44.2 Å². The van der Waals surface area contributed by atoms with Crippen molar-refractivity contribution in [2.75, 3.05) is 26.8 Å². The highest BCUT2D eigenvalue weighted by Gasteiger charge is 2.29. The van der Waals surface area contributed by atoms with Crippen LogP contribution in [0.25, 0.3) is 17.0 Å². The molecule has 0 spiro atoms. The fraction of sp³-hybridized carbons (Fsp3) is 0.407. The first-order chi connectivity index (χ1) is 16.1. The van der Waals surface area contributed by atoms with Crippen LogP contribution < -0.4 is 4.74 Å². The van der Waals surface area contributed by atoms with Gasteiger partial charge in [0.2, 0.25) is 0 Å². The number of methoxy groups -OCH3 is 1. The molecular weight excluding hydrogens is 432 g/mol. The number of hydrogen-bond donors (Lipinski definition) is 2. The molecular formula is C27H32N2O3S. The van der Waals surface area contributed by atoms with Crippen LogP contribution in [0.15, 0.2) is 54.4 Å². The van der Waals surface area contributed by atoms with Gasteiger partial charge in [0.1, 0.15) is 24.2 Å². The Morgan fingerprint density at radius 1 is 1.30 bits per heavy atom. The van der Waals surface area contributed by atoms with Gasteiger partial charge < -0.3 is 19.6 Å². The maximum absolute atomic E-state index is 10.7. The summed E-state index contributed by atoms with van der Waals surface area (Å²) in [6.45, 7) is 4.22. The minimum atomic E-state index is -0.514. The second-order valence-corrected chi connectivity index (χ2v) is 10.2. The number of aliphatic hydroxyl groups is 1. The van der Waals surface area contributed by atoms with E-state index in [1.165, 1.54) is 15.3 Å². The van der Waals surface area contributed by atoms with E-state index in [-0.39, 0.29) is 0 Å². The van der Waals surface area contributed by atoms with Crippen LogP contribution in [-0.4, -0.2) is 53.9 Å². The molecule has 2 N–H and O–H groups in total. The molecule has 3 atom stereocenters. The smallest absolute Gasteiger partial charge is 0.128 e. The monoisotopic (exact) mass is 464 g/mol. The van der Waals surface area contributed by atoms with E-state index < -0.39 is 6.10 Å². The van der Waals surface area contributed by atoms with Crippen LogP contribution >= 0.6 is 11.3 Å². The Bertz CT molecular complexity index is 1160. The number of hydrogen-bond acceptors (Lipinski definition) is 5. The van der Waals surface area contributed by atoms with Crippen molar-refractivity contribution < 1.29 is 14.6 Å². The molecule has 33 heavy (non-hydrogen) atoms. The Kier molecular flexibility index (Phi) is 6.58. The average Bonchev–Trinajstić information content (AvgIpc) is 3.41. The number of nitrogens with one attached hydrogen (secondary N) is 1. The van der Waals surface area contributed by atoms with Crippen LogP contribution in [0.2, 0.25) is 0 Å². The Morgan fingerprint density at radius 3 is 3.06 bits per heavy atom. The van der Waals surface area contributed by atoms with Crippen molar-refractivity contribution in [1.82, 2.24) is 9.88 Å². The van der Waals surface area contributed by atoms with Crippen LogP contribution in [0.5, 0.6) is 5.75 Å². The normalized spacial score (nSPS) is 22.0. The Balaban J connectivity index is 1.16. The molecule has 3 heterocycles. The summed E-state index contributed by atoms with van der Waals surface area (Å²) in [5.41, 5.74) is 2.45. The van der Waals surface area contributed by atoms with Gasteiger partial charge in [0.05, 0.1) is 7.11 Å². The summed E-state index contributed by atoms with van der Waals surface area (Å²) < 4.78 is 11.4. The molecule has 2 aliphatic rings. The molecule has 3 aromatic rings. The lowest BCUT2D eigenvalue weighted by atomic mass is 9.89. The molecule has 5 rings (SSSR count). The van der Waals surface area contributed by atoms with Gasteiger partial charge in [-0.1, -0.05) is 12.1 Å². The summed E-state index contributed by atoms with van der Waals surface area (Å²) in [4.78, 5) is 8.42. The van der Waals surface area contributed by atoms with Crippen LogP contribution in [0.1, 0.15) is 41.0 Å². The van der Waals surface area contributed by atoms with Crippen LogP contribution in [-0.2, 0) is 11.2 Å². The van der Waals surface area contributed by atoms with E-state index in [9.17, 15) is 5.11 Å². The number of aromatic amines is 1. The van der Waals surface area contributed by atoms with Crippen molar-refractivity contribution in [3.63, 3.8) is 0 Å². The van der Waals surface area contributed by atoms with Gasteiger partial charge >= 0.3 is 0 Å². The van der Waals surface area contributed by atoms with Gasteiger partial charge in [-0.05, 0) is 80.6 Å². The molecule has 2 aromatic heterocycles. The number of H-pyrrole nitrogens is 1. The number of piperidine rings is 1. The molecule has 1 aliphatic heterocycles. The van der Waals surface area contributed by atoms with Crippen molar-refractivity contribution in [2.24, 2.45) is 0 Å². The molecule has 1 saturated heterocycles. The summed E-state index contributed by atoms with van der Waals surface area (Å²) in [6.07, 6.45) is 11.0. The van der Waals surface area contributed by atoms with Crippen LogP contribution in [0.3, 0.4) is 0 Å². The highest BCUT2D eigenvalue weighted by Crippen LogP contribution is 2.39. The van der Waals surface area contributed by atoms with Gasteiger partial charge in [0, 0.05) is 39.4 Å². The van der Waals surface area contributed by atoms with Crippen molar-refractivity contribution in [3.05, 3.63) is 69.8 Å². The molecule has 0 amide bonds. The molecule has 0 saturated carbocycles. The number of nitrogens with zero attached hydrogens (tertiary/aromatic N) is 1. The third kappa shape index (κ3) is 4.88. The number of rotatable bonds is 7. The topological polar surface area (TPSA) is 57.7 Å². The third-order valence-corrected chi connectivity index (χ3v) is 8.12. The van der Waals surface area contributed by atoms with Gasteiger partial charge in [-0.3, -0.25) is 4.90 Å². The predicted molar refractivity (Wildman–Crippen MR) is 135 cm³/mol. The summed E-state index contributed by atoms with van der Waals surface area (Å²) in [7, 11) is 1.73. The molecule has 5 nitrogen and oxygen atoms in total. The largest absolute Gasteiger partial charge is 0.497 e. The summed E-state index contributed by atoms with van der Waals surface area (Å²) in [6, 6.07) is 10.8. The zero-order valence-corrected chi connectivity index (χ0v) is 20.1. The SMILES string of the molecule is COC1=Cc2sc([C@H]3CCN(CC(O)COc4cccc5[nH]ccc45)[C@@H](C)C3)cc2CC=C1. The molecule has 1 fully saturated rings. The predicted octanol–water partition coefficient (Wildman–Crippen LogP) is 5.34. The van der Waals surface area contributed by atoms with Gasteiger partial charge in [0.15, 0.2) is 0 Å². The zero-order chi connectivity index (χ0) is 22.8. The van der Waals surface area contributed by atoms with E-state index in [0.29, 0.717) is 25.1 Å². The van der Waals surface area contributed by atoms with Gasteiger partial charge in [-0.2, -0.15) is 0 Å². The lowest BCUT2D eigenvalue weighted by Gasteiger charge is -2.38. The highest BCUT2D eigenvalue weighted by molar-refractivity contribution is 7.13. The fourth-order valence-corrected chi connectivity index (χ4v) is 6.28. The van der Waals surface area contributed by atoms with Gasteiger partial charge in [0.25, 0.3) is 0 Å². The number of likely N-dealkylation sites (tertiary alicyclic amines) is 1. The number of benzene rings is 1. The standard InChI is InChI=1S/C27H32N2O3S/c1-18-13-20(26-14-19-5-3-6-22(31-2)15-27(19)33-26)10-12-29(18)16-21(30)17-32-25-8-4-7-24-23(25)9-11-28-24/h3-4,6-9,11,14-15,18,20-21,28,30H,5,10,12-13,16-17H2,1-2H3/t18-,20-,21?/m0/s1. The number of allylic oxidation sites excluding steroid dienone is 2. The molecule has 174 valence electrons. The molecule has 1 aliphatic carbocycles. The van der Waals surface area contributed by atoms with Crippen molar-refractivity contribution in [3.8, 4) is 5.75 Å². The van der Waals surface area contributed by atoms with E-state index in [1.807, 2.05) is 41.8 Å². The number of thiophene rings is 1. The highest BCUT2D eigenvalue weighted by atomic mass is 32.1. The average molecular weight is 465 g/mol. The van der Waals surface area contributed by atoms with E-state index in [0.717, 1.165) is 48.2 Å². The quantitative estimate of drug-likeness (QED) is 0.496. The Morgan fingerprint density at radius 2 is 2.21 bits per heavy atom. The summed E-state index contributed by atoms with van der Waals surface area (Å²) >= 11 is 1.91. The van der Waals surface area contributed by atoms with E-state index in [4.69, 9.17) is 9.47 Å². The van der Waals surface area contributed by atoms with E-state index in [1.54, 1.807) is 7.11 Å². The first kappa shape index (κ1) is 22.3. The van der Waals surface area contributed by atoms with Crippen LogP contribution in [0.4, 0.5) is 0 Å². The minimum Gasteiger partial charge on any atom is -0.497 e. The summed E-state index contributed by atoms with van der Waals surface area (Å²) in [5, 5.41) is 11.7. The fourth-order valence-electron chi connectivity index (χ4n) is 5.00. The first-order valence-corrected chi connectivity index (χ1v) is 12.6. The number of β-amino-alcohol motifs (C(OH)–C–C–N with tert-alkyl or cyclic N) is 1. The number of aliphatic hydroxyl groups excluding tert-OH is 1. The zero-order valence-electron chi connectivity index (χ0n) is 19.3. The Labute approximate surface area is 199 Å². The molecule has 6 heteroatoms. The number of fused-ring (bicyclic) bond motifs is 2. The van der Waals surface area contributed by atoms with E-state index >= 15 is 0 Å². The van der Waals surface area contributed by atoms with Gasteiger partial charge in [-0.15, -0.1) is 11.3 Å². The molecule has 1 aromatic carbocycles. The lowest BCUT2D eigenvalue weighted by Crippen LogP contribution is -2.45. The molecule has 0 bridgehead atoms. The van der Waals surface area contributed by atoms with Crippen molar-refractivity contribution >= 4 is 28.3 Å². The van der Waals surface area contributed by atoms with E-state index in [2.05, 4.69) is 41.1 Å². The first-order valence-electron chi connectivity index (χ1n) is 11.8. The minimum absolute atomic E-state index is 0.302. The molecule has 0 radical (unpaired) electrons. The van der Waals surface area contributed by atoms with Crippen LogP contribution in [0, 0.1) is 0 Å². The molecule has 1 unspecified atom stereocenters. The maximum Gasteiger partial charge on any atom is 0.128 e. The second-order valence-electron chi connectivity index (χ2n) is 9.12. The third-order valence-electron chi connectivity index (χ3n) is 6.84. The number of aromatic nitrogens is 1. The lowest BCUT2D eigenvalue weighted by molar-refractivity contribution is 0.0408.